The van der Waals surface area contributed by atoms with Crippen LogP contribution in [0.5, 0.6) is 0 Å². The normalized spacial score (nSPS) is 23.9. The van der Waals surface area contributed by atoms with Gasteiger partial charge in [-0.15, -0.1) is 0 Å². The van der Waals surface area contributed by atoms with Crippen molar-refractivity contribution in [1.29, 1.82) is 0 Å². The summed E-state index contributed by atoms with van der Waals surface area (Å²) in [6.45, 7) is 5.78. The Bertz CT molecular complexity index is 575. The van der Waals surface area contributed by atoms with Gasteiger partial charge in [-0.3, -0.25) is 4.98 Å². The van der Waals surface area contributed by atoms with Crippen molar-refractivity contribution < 1.29 is 0 Å². The quantitative estimate of drug-likeness (QED) is 0.880. The Morgan fingerprint density at radius 2 is 1.95 bits per heavy atom. The summed E-state index contributed by atoms with van der Waals surface area (Å²) < 4.78 is 0. The van der Waals surface area contributed by atoms with E-state index in [4.69, 9.17) is 0 Å². The molecule has 1 aromatic carbocycles. The van der Waals surface area contributed by atoms with E-state index in [0.29, 0.717) is 5.92 Å². The van der Waals surface area contributed by atoms with E-state index in [-0.39, 0.29) is 5.54 Å². The van der Waals surface area contributed by atoms with E-state index in [1.807, 2.05) is 12.3 Å². The smallest absolute Gasteiger partial charge is 0.0752 e. The first-order valence-electron chi connectivity index (χ1n) is 7.83. The first kappa shape index (κ1) is 13.6. The third-order valence-electron chi connectivity index (χ3n) is 4.79. The Kier molecular flexibility index (Phi) is 3.75. The summed E-state index contributed by atoms with van der Waals surface area (Å²) in [5.41, 5.74) is 2.62. The Morgan fingerprint density at radius 1 is 1.10 bits per heavy atom. The predicted molar refractivity (Wildman–Crippen MR) is 84.7 cm³/mol. The highest BCUT2D eigenvalue weighted by Gasteiger charge is 2.37. The van der Waals surface area contributed by atoms with E-state index in [1.54, 1.807) is 0 Å². The lowest BCUT2D eigenvalue weighted by Crippen LogP contribution is -2.46. The average molecular weight is 268 g/mol. The number of benzene rings is 1. The van der Waals surface area contributed by atoms with Gasteiger partial charge in [-0.2, -0.15) is 0 Å². The molecule has 1 aliphatic heterocycles. The van der Waals surface area contributed by atoms with Gasteiger partial charge in [-0.1, -0.05) is 51.0 Å². The zero-order chi connectivity index (χ0) is 14.0. The van der Waals surface area contributed by atoms with Crippen LogP contribution < -0.4 is 5.32 Å². The molecule has 3 rings (SSSR count). The van der Waals surface area contributed by atoms with Crippen molar-refractivity contribution in [1.82, 2.24) is 10.3 Å². The highest BCUT2D eigenvalue weighted by atomic mass is 15.0. The summed E-state index contributed by atoms with van der Waals surface area (Å²) in [5.74, 6) is 0.563. The van der Waals surface area contributed by atoms with E-state index < -0.39 is 0 Å². The van der Waals surface area contributed by atoms with Crippen molar-refractivity contribution in [2.24, 2.45) is 5.92 Å². The zero-order valence-corrected chi connectivity index (χ0v) is 12.5. The number of para-hydroxylation sites is 1. The predicted octanol–water partition coefficient (Wildman–Crippen LogP) is 4.25. The number of fused-ring (bicyclic) bond motifs is 1. The van der Waals surface area contributed by atoms with Crippen molar-refractivity contribution in [3.63, 3.8) is 0 Å². The Hall–Kier alpha value is -1.41. The average Bonchev–Trinajstić information content (AvgIpc) is 2.73. The molecule has 1 N–H and O–H groups in total. The van der Waals surface area contributed by atoms with E-state index in [2.05, 4.69) is 48.4 Å². The van der Waals surface area contributed by atoms with Crippen LogP contribution in [-0.2, 0) is 5.54 Å². The minimum absolute atomic E-state index is 0.0738. The minimum atomic E-state index is 0.0738. The fourth-order valence-electron chi connectivity index (χ4n) is 3.60. The number of hydrogen-bond donors (Lipinski definition) is 1. The molecule has 1 saturated heterocycles. The lowest BCUT2D eigenvalue weighted by molar-refractivity contribution is 0.232. The van der Waals surface area contributed by atoms with Crippen molar-refractivity contribution in [2.75, 3.05) is 6.54 Å². The molecule has 20 heavy (non-hydrogen) atoms. The van der Waals surface area contributed by atoms with E-state index in [9.17, 15) is 0 Å². The summed E-state index contributed by atoms with van der Waals surface area (Å²) in [6.07, 6.45) is 7.04. The second-order valence-electron chi connectivity index (χ2n) is 6.24. The molecule has 2 heterocycles. The standard InChI is InChI=1S/C18H24N2/c1-14(2)18(11-4-3-5-13-20-18)16-10-6-8-15-9-7-12-19-17(15)16/h6-10,12,14,20H,3-5,11,13H2,1-2H3. The molecule has 0 bridgehead atoms. The summed E-state index contributed by atoms with van der Waals surface area (Å²) in [6, 6.07) is 10.8. The van der Waals surface area contributed by atoms with Crippen LogP contribution in [0.15, 0.2) is 36.5 Å². The van der Waals surface area contributed by atoms with Crippen molar-refractivity contribution in [2.45, 2.75) is 45.1 Å². The summed E-state index contributed by atoms with van der Waals surface area (Å²) in [5, 5.41) is 5.11. The van der Waals surface area contributed by atoms with Crippen LogP contribution in [0.2, 0.25) is 0 Å². The number of aromatic nitrogens is 1. The molecule has 106 valence electrons. The van der Waals surface area contributed by atoms with E-state index in [1.165, 1.54) is 36.6 Å². The van der Waals surface area contributed by atoms with Gasteiger partial charge in [0.2, 0.25) is 0 Å². The zero-order valence-electron chi connectivity index (χ0n) is 12.5. The molecular formula is C18H24N2. The number of nitrogens with one attached hydrogen (secondary N) is 1. The maximum Gasteiger partial charge on any atom is 0.0752 e. The number of hydrogen-bond acceptors (Lipinski definition) is 2. The molecule has 1 atom stereocenters. The second kappa shape index (κ2) is 5.53. The molecule has 1 aromatic heterocycles. The molecule has 0 spiro atoms. The van der Waals surface area contributed by atoms with Crippen LogP contribution >= 0.6 is 0 Å². The molecule has 0 radical (unpaired) electrons. The highest BCUT2D eigenvalue weighted by molar-refractivity contribution is 5.82. The van der Waals surface area contributed by atoms with Gasteiger partial charge in [0, 0.05) is 17.1 Å². The summed E-state index contributed by atoms with van der Waals surface area (Å²) >= 11 is 0. The van der Waals surface area contributed by atoms with Gasteiger partial charge >= 0.3 is 0 Å². The van der Waals surface area contributed by atoms with Gasteiger partial charge in [-0.25, -0.2) is 0 Å². The van der Waals surface area contributed by atoms with Gasteiger partial charge in [0.05, 0.1) is 5.52 Å². The van der Waals surface area contributed by atoms with Gasteiger partial charge in [0.15, 0.2) is 0 Å². The third kappa shape index (κ3) is 2.22. The molecule has 2 aromatic rings. The topological polar surface area (TPSA) is 24.9 Å². The van der Waals surface area contributed by atoms with Gasteiger partial charge < -0.3 is 5.32 Å². The SMILES string of the molecule is CC(C)C1(c2cccc3cccnc23)CCCCCN1. The van der Waals surface area contributed by atoms with Crippen LogP contribution in [0.3, 0.4) is 0 Å². The lowest BCUT2D eigenvalue weighted by Gasteiger charge is -2.39. The van der Waals surface area contributed by atoms with Crippen LogP contribution in [0.25, 0.3) is 10.9 Å². The van der Waals surface area contributed by atoms with E-state index >= 15 is 0 Å². The monoisotopic (exact) mass is 268 g/mol. The van der Waals surface area contributed by atoms with Crippen molar-refractivity contribution in [3.8, 4) is 0 Å². The molecule has 2 heteroatoms. The maximum atomic E-state index is 4.67. The molecule has 1 fully saturated rings. The maximum absolute atomic E-state index is 4.67. The number of rotatable bonds is 2. The molecule has 1 aliphatic rings. The van der Waals surface area contributed by atoms with Crippen molar-refractivity contribution in [3.05, 3.63) is 42.1 Å². The van der Waals surface area contributed by atoms with Crippen LogP contribution in [0, 0.1) is 5.92 Å². The third-order valence-corrected chi connectivity index (χ3v) is 4.79. The Morgan fingerprint density at radius 3 is 2.80 bits per heavy atom. The Balaban J connectivity index is 2.19. The van der Waals surface area contributed by atoms with E-state index in [0.717, 1.165) is 12.1 Å². The summed E-state index contributed by atoms with van der Waals surface area (Å²) in [4.78, 5) is 4.67. The number of nitrogens with zero attached hydrogens (tertiary/aromatic N) is 1. The second-order valence-corrected chi connectivity index (χ2v) is 6.24. The van der Waals surface area contributed by atoms with Gasteiger partial charge in [0.25, 0.3) is 0 Å². The first-order chi connectivity index (χ1) is 9.74. The fraction of sp³-hybridized carbons (Fsp3) is 0.500. The first-order valence-corrected chi connectivity index (χ1v) is 7.83. The van der Waals surface area contributed by atoms with Crippen LogP contribution in [0.1, 0.15) is 45.1 Å². The minimum Gasteiger partial charge on any atom is -0.307 e. The van der Waals surface area contributed by atoms with Gasteiger partial charge in [-0.05, 0) is 36.9 Å². The number of pyridine rings is 1. The Labute approximate surface area is 121 Å². The molecule has 2 nitrogen and oxygen atoms in total. The summed E-state index contributed by atoms with van der Waals surface area (Å²) in [7, 11) is 0. The van der Waals surface area contributed by atoms with Gasteiger partial charge in [0.1, 0.15) is 0 Å². The highest BCUT2D eigenvalue weighted by Crippen LogP contribution is 2.39. The van der Waals surface area contributed by atoms with Crippen LogP contribution in [0.4, 0.5) is 0 Å². The van der Waals surface area contributed by atoms with Crippen molar-refractivity contribution >= 4 is 10.9 Å². The molecule has 0 aliphatic carbocycles. The fourth-order valence-corrected chi connectivity index (χ4v) is 3.60. The molecule has 0 saturated carbocycles. The largest absolute Gasteiger partial charge is 0.307 e. The molecule has 1 unspecified atom stereocenters. The van der Waals surface area contributed by atoms with Crippen LogP contribution in [-0.4, -0.2) is 11.5 Å². The lowest BCUT2D eigenvalue weighted by atomic mass is 9.76. The molecular weight excluding hydrogens is 244 g/mol. The molecule has 0 amide bonds.